The van der Waals surface area contributed by atoms with E-state index in [0.29, 0.717) is 16.9 Å². The van der Waals surface area contributed by atoms with Crippen LogP contribution in [0, 0.1) is 0 Å². The van der Waals surface area contributed by atoms with Crippen molar-refractivity contribution in [2.75, 3.05) is 18.7 Å². The van der Waals surface area contributed by atoms with Crippen molar-refractivity contribution in [1.29, 1.82) is 0 Å². The molecule has 1 unspecified atom stereocenters. The number of nitrogens with zero attached hydrogens (tertiary/aromatic N) is 3. The molecule has 3 rings (SSSR count). The average Bonchev–Trinajstić information content (AvgIpc) is 2.73. The lowest BCUT2D eigenvalue weighted by atomic mass is 10.1. The Balaban J connectivity index is 2.04. The largest absolute Gasteiger partial charge is 0.417 e. The lowest BCUT2D eigenvalue weighted by molar-refractivity contribution is -0.137. The molecule has 0 bridgehead atoms. The SMILES string of the molecule is CN(CP)S(=O)(=O)c1ccc(Nc2ccc(C(F)(F)F)cn2)c(-c2ccccn2)c1. The highest BCUT2D eigenvalue weighted by molar-refractivity contribution is 7.89. The fourth-order valence-electron chi connectivity index (χ4n) is 2.58. The summed E-state index contributed by atoms with van der Waals surface area (Å²) in [6.45, 7) is 0. The standard InChI is InChI=1S/C19H18F3N4O2PS/c1-26(12-29)30(27,28)14-6-7-17(15(10-14)16-4-2-3-9-23-16)25-18-8-5-13(11-24-18)19(20,21)22/h2-11H,12,29H2,1H3,(H,24,25). The first kappa shape index (κ1) is 22.1. The number of halogens is 3. The molecule has 2 aromatic heterocycles. The molecule has 0 aliphatic rings. The zero-order valence-electron chi connectivity index (χ0n) is 15.8. The Bertz CT molecular complexity index is 1120. The fourth-order valence-corrected chi connectivity index (χ4v) is 4.23. The summed E-state index contributed by atoms with van der Waals surface area (Å²) in [6.07, 6.45) is -1.97. The second-order valence-corrected chi connectivity index (χ2v) is 8.67. The summed E-state index contributed by atoms with van der Waals surface area (Å²) in [5.41, 5.74) is 0.557. The van der Waals surface area contributed by atoms with Crippen LogP contribution in [0.4, 0.5) is 24.7 Å². The van der Waals surface area contributed by atoms with Gasteiger partial charge in [0.25, 0.3) is 0 Å². The van der Waals surface area contributed by atoms with Crippen molar-refractivity contribution in [2.24, 2.45) is 0 Å². The molecule has 158 valence electrons. The molecule has 11 heteroatoms. The zero-order chi connectivity index (χ0) is 21.9. The predicted octanol–water partition coefficient (Wildman–Crippen LogP) is 4.36. The molecule has 1 N–H and O–H groups in total. The van der Waals surface area contributed by atoms with Crippen LogP contribution in [-0.2, 0) is 16.2 Å². The lowest BCUT2D eigenvalue weighted by Gasteiger charge is -2.17. The molecule has 0 radical (unpaired) electrons. The number of hydrogen-bond acceptors (Lipinski definition) is 5. The van der Waals surface area contributed by atoms with E-state index in [0.717, 1.165) is 12.3 Å². The molecule has 6 nitrogen and oxygen atoms in total. The molecular formula is C19H18F3N4O2PS. The predicted molar refractivity (Wildman–Crippen MR) is 112 cm³/mol. The van der Waals surface area contributed by atoms with Crippen LogP contribution in [0.2, 0.25) is 0 Å². The Hall–Kier alpha value is -2.55. The van der Waals surface area contributed by atoms with Crippen molar-refractivity contribution in [3.05, 3.63) is 66.5 Å². The van der Waals surface area contributed by atoms with Gasteiger partial charge in [-0.1, -0.05) is 6.07 Å². The van der Waals surface area contributed by atoms with Crippen LogP contribution < -0.4 is 5.32 Å². The third kappa shape index (κ3) is 4.77. The first-order chi connectivity index (χ1) is 14.1. The van der Waals surface area contributed by atoms with Crippen LogP contribution in [0.25, 0.3) is 11.3 Å². The maximum atomic E-state index is 12.8. The number of hydrogen-bond donors (Lipinski definition) is 1. The minimum atomic E-state index is -4.48. The second kappa shape index (κ2) is 8.67. The van der Waals surface area contributed by atoms with Crippen molar-refractivity contribution < 1.29 is 21.6 Å². The number of nitrogens with one attached hydrogen (secondary N) is 1. The average molecular weight is 454 g/mol. The number of alkyl halides is 3. The van der Waals surface area contributed by atoms with Gasteiger partial charge in [-0.2, -0.15) is 17.5 Å². The van der Waals surface area contributed by atoms with E-state index in [-0.39, 0.29) is 17.0 Å². The van der Waals surface area contributed by atoms with Gasteiger partial charge in [0, 0.05) is 37.0 Å². The molecule has 3 aromatic rings. The molecule has 0 fully saturated rings. The quantitative estimate of drug-likeness (QED) is 0.561. The summed E-state index contributed by atoms with van der Waals surface area (Å²) >= 11 is 0. The summed E-state index contributed by atoms with van der Waals surface area (Å²) in [5, 5.41) is 2.94. The van der Waals surface area contributed by atoms with Gasteiger partial charge >= 0.3 is 6.18 Å². The van der Waals surface area contributed by atoms with Crippen LogP contribution in [0.5, 0.6) is 0 Å². The molecule has 1 aromatic carbocycles. The Morgan fingerprint density at radius 3 is 2.43 bits per heavy atom. The van der Waals surface area contributed by atoms with Gasteiger partial charge in [-0.05, 0) is 42.5 Å². The number of sulfonamides is 1. The maximum absolute atomic E-state index is 12.8. The topological polar surface area (TPSA) is 75.2 Å². The molecule has 0 amide bonds. The van der Waals surface area contributed by atoms with Gasteiger partial charge in [-0.3, -0.25) is 4.98 Å². The van der Waals surface area contributed by atoms with Crippen molar-refractivity contribution in [2.45, 2.75) is 11.1 Å². The molecule has 0 aliphatic heterocycles. The Labute approximate surface area is 174 Å². The first-order valence-corrected chi connectivity index (χ1v) is 10.9. The van der Waals surface area contributed by atoms with E-state index in [4.69, 9.17) is 0 Å². The molecular weight excluding hydrogens is 436 g/mol. The number of aromatic nitrogens is 2. The molecule has 0 spiro atoms. The smallest absolute Gasteiger partial charge is 0.340 e. The minimum Gasteiger partial charge on any atom is -0.340 e. The number of pyridine rings is 2. The molecule has 30 heavy (non-hydrogen) atoms. The summed E-state index contributed by atoms with van der Waals surface area (Å²) in [6, 6.07) is 11.7. The normalized spacial score (nSPS) is 12.2. The van der Waals surface area contributed by atoms with Gasteiger partial charge in [0.1, 0.15) is 5.82 Å². The van der Waals surface area contributed by atoms with E-state index in [1.807, 2.05) is 0 Å². The molecule has 0 saturated heterocycles. The first-order valence-electron chi connectivity index (χ1n) is 8.65. The van der Waals surface area contributed by atoms with E-state index >= 15 is 0 Å². The monoisotopic (exact) mass is 454 g/mol. The molecule has 2 heterocycles. The van der Waals surface area contributed by atoms with Gasteiger partial charge in [0.05, 0.1) is 16.2 Å². The van der Waals surface area contributed by atoms with Gasteiger partial charge < -0.3 is 5.32 Å². The summed E-state index contributed by atoms with van der Waals surface area (Å²) in [7, 11) is 0.0914. The second-order valence-electron chi connectivity index (χ2n) is 6.26. The van der Waals surface area contributed by atoms with Crippen molar-refractivity contribution in [3.63, 3.8) is 0 Å². The van der Waals surface area contributed by atoms with Crippen molar-refractivity contribution in [1.82, 2.24) is 14.3 Å². The van der Waals surface area contributed by atoms with E-state index in [1.165, 1.54) is 35.6 Å². The van der Waals surface area contributed by atoms with Crippen LogP contribution in [-0.4, -0.2) is 36.0 Å². The fraction of sp³-hybridized carbons (Fsp3) is 0.158. The number of anilines is 2. The lowest BCUT2D eigenvalue weighted by Crippen LogP contribution is -2.25. The third-order valence-electron chi connectivity index (χ3n) is 4.25. The van der Waals surface area contributed by atoms with Crippen LogP contribution in [0.1, 0.15) is 5.56 Å². The van der Waals surface area contributed by atoms with Gasteiger partial charge in [0.2, 0.25) is 10.0 Å². The highest BCUT2D eigenvalue weighted by Crippen LogP contribution is 2.33. The Morgan fingerprint density at radius 2 is 1.87 bits per heavy atom. The highest BCUT2D eigenvalue weighted by Gasteiger charge is 2.30. The van der Waals surface area contributed by atoms with Crippen LogP contribution in [0.3, 0.4) is 0 Å². The summed E-state index contributed by atoms with van der Waals surface area (Å²) in [4.78, 5) is 8.14. The van der Waals surface area contributed by atoms with Crippen molar-refractivity contribution >= 4 is 30.8 Å². The van der Waals surface area contributed by atoms with Gasteiger partial charge in [-0.25, -0.2) is 13.4 Å². The maximum Gasteiger partial charge on any atom is 0.417 e. The number of rotatable bonds is 6. The summed E-state index contributed by atoms with van der Waals surface area (Å²) in [5.74, 6) is 0.179. The molecule has 0 aliphatic carbocycles. The minimum absolute atomic E-state index is 0.0685. The highest BCUT2D eigenvalue weighted by atomic mass is 32.2. The summed E-state index contributed by atoms with van der Waals surface area (Å²) < 4.78 is 64.8. The van der Waals surface area contributed by atoms with Gasteiger partial charge in [0.15, 0.2) is 0 Å². The van der Waals surface area contributed by atoms with E-state index < -0.39 is 21.8 Å². The van der Waals surface area contributed by atoms with E-state index in [2.05, 4.69) is 24.5 Å². The Morgan fingerprint density at radius 1 is 1.10 bits per heavy atom. The van der Waals surface area contributed by atoms with E-state index in [9.17, 15) is 21.6 Å². The third-order valence-corrected chi connectivity index (χ3v) is 6.88. The van der Waals surface area contributed by atoms with E-state index in [1.54, 1.807) is 24.4 Å². The number of benzene rings is 1. The molecule has 1 atom stereocenters. The molecule has 0 saturated carbocycles. The van der Waals surface area contributed by atoms with Crippen LogP contribution >= 0.6 is 9.24 Å². The van der Waals surface area contributed by atoms with Crippen molar-refractivity contribution in [3.8, 4) is 11.3 Å². The zero-order valence-corrected chi connectivity index (χ0v) is 17.7. The van der Waals surface area contributed by atoms with Crippen LogP contribution in [0.15, 0.2) is 65.8 Å². The van der Waals surface area contributed by atoms with Gasteiger partial charge in [-0.15, -0.1) is 9.24 Å². The Kier molecular flexibility index (Phi) is 6.40.